The maximum absolute atomic E-state index is 12.1. The van der Waals surface area contributed by atoms with E-state index in [9.17, 15) is 4.79 Å². The minimum atomic E-state index is -0.520. The van der Waals surface area contributed by atoms with Crippen molar-refractivity contribution in [2.45, 2.75) is 63.8 Å². The highest BCUT2D eigenvalue weighted by Gasteiger charge is 2.28. The summed E-state index contributed by atoms with van der Waals surface area (Å²) < 4.78 is 8.57. The van der Waals surface area contributed by atoms with Crippen LogP contribution in [0.15, 0.2) is 71.6 Å². The van der Waals surface area contributed by atoms with Crippen LogP contribution in [0, 0.1) is 5.41 Å². The van der Waals surface area contributed by atoms with Crippen LogP contribution in [-0.4, -0.2) is 20.6 Å². The average molecular weight is 640 g/mol. The van der Waals surface area contributed by atoms with Crippen molar-refractivity contribution in [3.8, 4) is 5.75 Å². The third kappa shape index (κ3) is 7.08. The van der Waals surface area contributed by atoms with Gasteiger partial charge in [0.05, 0.1) is 21.3 Å². The smallest absolute Gasteiger partial charge is 0.130 e. The lowest BCUT2D eigenvalue weighted by molar-refractivity contribution is -0.114. The molecule has 0 saturated carbocycles. The molecule has 0 N–H and O–H groups in total. The SMILES string of the molecule is CC(C)(C=O)Cc1c(SC(C)(C)C)c2cc(OCc3ccc4cc(Cl)c(Cl)cc4n3)ccc2n1Cc1ccc(Cl)cc1. The van der Waals surface area contributed by atoms with Crippen molar-refractivity contribution in [3.05, 3.63) is 98.7 Å². The van der Waals surface area contributed by atoms with Crippen LogP contribution in [0.4, 0.5) is 0 Å². The van der Waals surface area contributed by atoms with E-state index in [4.69, 9.17) is 44.5 Å². The maximum atomic E-state index is 12.1. The molecule has 218 valence electrons. The fourth-order valence-corrected chi connectivity index (χ4v) is 6.51. The number of hydrogen-bond acceptors (Lipinski definition) is 4. The number of benzene rings is 3. The number of thioether (sulfide) groups is 1. The zero-order valence-corrected chi connectivity index (χ0v) is 27.4. The summed E-state index contributed by atoms with van der Waals surface area (Å²) in [5.74, 6) is 0.749. The fraction of sp³-hybridized carbons (Fsp3) is 0.294. The lowest BCUT2D eigenvalue weighted by Crippen LogP contribution is -2.20. The number of halogens is 3. The zero-order chi connectivity index (χ0) is 30.2. The summed E-state index contributed by atoms with van der Waals surface area (Å²) in [6.07, 6.45) is 1.66. The Balaban J connectivity index is 1.56. The van der Waals surface area contributed by atoms with Crippen LogP contribution in [0.5, 0.6) is 5.75 Å². The highest BCUT2D eigenvalue weighted by Crippen LogP contribution is 2.44. The first kappa shape index (κ1) is 30.7. The monoisotopic (exact) mass is 638 g/mol. The molecule has 0 atom stereocenters. The molecule has 0 spiro atoms. The number of aromatic nitrogens is 2. The quantitative estimate of drug-likeness (QED) is 0.119. The lowest BCUT2D eigenvalue weighted by Gasteiger charge is -2.23. The van der Waals surface area contributed by atoms with Crippen molar-refractivity contribution in [2.75, 3.05) is 0 Å². The van der Waals surface area contributed by atoms with E-state index < -0.39 is 5.41 Å². The summed E-state index contributed by atoms with van der Waals surface area (Å²) >= 11 is 20.4. The van der Waals surface area contributed by atoms with Crippen molar-refractivity contribution in [3.63, 3.8) is 0 Å². The molecular formula is C34H33Cl3N2O2S. The molecule has 2 heterocycles. The number of ether oxygens (including phenoxy) is 1. The fourth-order valence-electron chi connectivity index (χ4n) is 4.87. The Morgan fingerprint density at radius 2 is 1.62 bits per heavy atom. The Hall–Kier alpha value is -2.70. The van der Waals surface area contributed by atoms with Gasteiger partial charge in [0.1, 0.15) is 18.6 Å². The molecule has 0 fully saturated rings. The molecule has 5 rings (SSSR count). The van der Waals surface area contributed by atoms with E-state index in [-0.39, 0.29) is 4.75 Å². The van der Waals surface area contributed by atoms with E-state index in [0.29, 0.717) is 34.6 Å². The Kier molecular flexibility index (Phi) is 8.87. The minimum absolute atomic E-state index is 0.0461. The molecule has 4 nitrogen and oxygen atoms in total. The molecule has 0 bridgehead atoms. The van der Waals surface area contributed by atoms with Crippen LogP contribution in [0.25, 0.3) is 21.8 Å². The van der Waals surface area contributed by atoms with E-state index in [1.54, 1.807) is 6.07 Å². The third-order valence-corrected chi connectivity index (χ3v) is 9.12. The van der Waals surface area contributed by atoms with Gasteiger partial charge in [0, 0.05) is 55.0 Å². The molecule has 0 radical (unpaired) electrons. The molecule has 0 saturated heterocycles. The van der Waals surface area contributed by atoms with Crippen molar-refractivity contribution in [2.24, 2.45) is 5.41 Å². The number of fused-ring (bicyclic) bond motifs is 2. The number of aldehydes is 1. The minimum Gasteiger partial charge on any atom is -0.487 e. The highest BCUT2D eigenvalue weighted by atomic mass is 35.5. The van der Waals surface area contributed by atoms with Gasteiger partial charge < -0.3 is 14.1 Å². The molecule has 3 aromatic carbocycles. The van der Waals surface area contributed by atoms with Crippen molar-refractivity contribution >= 4 is 74.7 Å². The van der Waals surface area contributed by atoms with E-state index in [1.165, 1.54) is 4.90 Å². The van der Waals surface area contributed by atoms with Crippen LogP contribution in [0.1, 0.15) is 51.6 Å². The Labute approximate surface area is 266 Å². The predicted molar refractivity (Wildman–Crippen MR) is 178 cm³/mol. The summed E-state index contributed by atoms with van der Waals surface area (Å²) in [5, 5.41) is 3.71. The van der Waals surface area contributed by atoms with E-state index in [1.807, 2.05) is 62.0 Å². The first-order valence-electron chi connectivity index (χ1n) is 13.7. The molecule has 8 heteroatoms. The van der Waals surface area contributed by atoms with Crippen molar-refractivity contribution in [1.29, 1.82) is 0 Å². The highest BCUT2D eigenvalue weighted by molar-refractivity contribution is 8.00. The molecule has 2 aromatic heterocycles. The molecule has 42 heavy (non-hydrogen) atoms. The standard InChI is InChI=1S/C34H33Cl3N2O2S/c1-33(2,3)42-32-26-15-25(41-19-24-11-8-22-14-27(36)28(37)16-29(22)38-24)12-13-30(26)39(31(32)17-34(4,5)20-40)18-21-6-9-23(35)10-7-21/h6-16,20H,17-19H2,1-5H3. The maximum Gasteiger partial charge on any atom is 0.130 e. The Morgan fingerprint density at radius 3 is 2.31 bits per heavy atom. The Morgan fingerprint density at radius 1 is 0.905 bits per heavy atom. The van der Waals surface area contributed by atoms with Gasteiger partial charge in [-0.05, 0) is 54.1 Å². The summed E-state index contributed by atoms with van der Waals surface area (Å²) in [4.78, 5) is 18.0. The molecule has 5 aromatic rings. The second-order valence-corrected chi connectivity index (χ2v) is 15.3. The number of nitrogens with zero attached hydrogens (tertiary/aromatic N) is 2. The second kappa shape index (κ2) is 12.1. The normalized spacial score (nSPS) is 12.3. The molecule has 0 amide bonds. The topological polar surface area (TPSA) is 44.1 Å². The van der Waals surface area contributed by atoms with E-state index in [2.05, 4.69) is 49.6 Å². The summed E-state index contributed by atoms with van der Waals surface area (Å²) in [5.41, 5.74) is 4.41. The number of hydrogen-bond donors (Lipinski definition) is 0. The van der Waals surface area contributed by atoms with Crippen LogP contribution in [-0.2, 0) is 24.4 Å². The van der Waals surface area contributed by atoms with Gasteiger partial charge in [0.25, 0.3) is 0 Å². The predicted octanol–water partition coefficient (Wildman–Crippen LogP) is 10.4. The number of carbonyl (C=O) groups is 1. The second-order valence-electron chi connectivity index (χ2n) is 12.2. The molecule has 0 aliphatic heterocycles. The molecule has 0 aliphatic rings. The first-order valence-corrected chi connectivity index (χ1v) is 15.7. The van der Waals surface area contributed by atoms with Crippen LogP contribution >= 0.6 is 46.6 Å². The van der Waals surface area contributed by atoms with E-state index in [0.717, 1.165) is 50.8 Å². The molecular weight excluding hydrogens is 607 g/mol. The third-order valence-electron chi connectivity index (χ3n) is 6.87. The molecule has 0 aliphatic carbocycles. The van der Waals surface area contributed by atoms with Gasteiger partial charge in [-0.1, -0.05) is 87.6 Å². The van der Waals surface area contributed by atoms with Crippen LogP contribution in [0.3, 0.4) is 0 Å². The van der Waals surface area contributed by atoms with Gasteiger partial charge in [-0.15, -0.1) is 11.8 Å². The number of carbonyl (C=O) groups excluding carboxylic acids is 1. The van der Waals surface area contributed by atoms with Crippen LogP contribution in [0.2, 0.25) is 15.1 Å². The number of pyridine rings is 1. The van der Waals surface area contributed by atoms with Gasteiger partial charge >= 0.3 is 0 Å². The summed E-state index contributed by atoms with van der Waals surface area (Å²) in [7, 11) is 0. The zero-order valence-electron chi connectivity index (χ0n) is 24.3. The van der Waals surface area contributed by atoms with E-state index >= 15 is 0 Å². The number of rotatable bonds is 9. The van der Waals surface area contributed by atoms with Crippen molar-refractivity contribution in [1.82, 2.24) is 9.55 Å². The molecule has 0 unspecified atom stereocenters. The van der Waals surface area contributed by atoms with Gasteiger partial charge in [0.15, 0.2) is 0 Å². The average Bonchev–Trinajstić information content (AvgIpc) is 3.19. The summed E-state index contributed by atoms with van der Waals surface area (Å²) in [6.45, 7) is 11.6. The van der Waals surface area contributed by atoms with Gasteiger partial charge in [-0.2, -0.15) is 0 Å². The van der Waals surface area contributed by atoms with Crippen LogP contribution < -0.4 is 4.74 Å². The van der Waals surface area contributed by atoms with Gasteiger partial charge in [-0.25, -0.2) is 4.98 Å². The lowest BCUT2D eigenvalue weighted by atomic mass is 9.89. The first-order chi connectivity index (χ1) is 19.8. The van der Waals surface area contributed by atoms with Gasteiger partial charge in [-0.3, -0.25) is 0 Å². The largest absolute Gasteiger partial charge is 0.487 e. The Bertz CT molecular complexity index is 1770. The van der Waals surface area contributed by atoms with Gasteiger partial charge in [0.2, 0.25) is 0 Å². The van der Waals surface area contributed by atoms with Crippen molar-refractivity contribution < 1.29 is 9.53 Å². The summed E-state index contributed by atoms with van der Waals surface area (Å²) in [6, 6.07) is 21.7.